The molecule has 0 bridgehead atoms. The number of thioether (sulfide) groups is 1. The standard InChI is InChI=1S/C14H12BrN3OS/c15-10-2-1-5-17-13(10)14(19)18-6-7-20-12-4-3-9(16)8-11(12)18/h1-5,8H,6-7,16H2. The van der Waals surface area contributed by atoms with E-state index in [0.29, 0.717) is 22.4 Å². The SMILES string of the molecule is Nc1ccc2c(c1)N(C(=O)c1ncccc1Br)CCS2. The van der Waals surface area contributed by atoms with Gasteiger partial charge in [0, 0.05) is 33.6 Å². The van der Waals surface area contributed by atoms with Gasteiger partial charge in [0.15, 0.2) is 0 Å². The first-order chi connectivity index (χ1) is 9.66. The largest absolute Gasteiger partial charge is 0.399 e. The van der Waals surface area contributed by atoms with Gasteiger partial charge >= 0.3 is 0 Å². The number of nitrogens with zero attached hydrogens (tertiary/aromatic N) is 2. The highest BCUT2D eigenvalue weighted by molar-refractivity contribution is 9.10. The molecule has 4 nitrogen and oxygen atoms in total. The van der Waals surface area contributed by atoms with Crippen molar-refractivity contribution in [3.8, 4) is 0 Å². The molecular formula is C14H12BrN3OS. The third-order valence-corrected chi connectivity index (χ3v) is 4.74. The van der Waals surface area contributed by atoms with Gasteiger partial charge in [0.2, 0.25) is 0 Å². The number of pyridine rings is 1. The van der Waals surface area contributed by atoms with Crippen LogP contribution in [0.2, 0.25) is 0 Å². The zero-order valence-corrected chi connectivity index (χ0v) is 12.9. The van der Waals surface area contributed by atoms with Crippen LogP contribution in [0, 0.1) is 0 Å². The van der Waals surface area contributed by atoms with Gasteiger partial charge in [-0.05, 0) is 46.3 Å². The summed E-state index contributed by atoms with van der Waals surface area (Å²) in [7, 11) is 0. The van der Waals surface area contributed by atoms with Crippen LogP contribution in [-0.4, -0.2) is 23.2 Å². The average Bonchev–Trinajstić information content (AvgIpc) is 2.46. The van der Waals surface area contributed by atoms with Crippen LogP contribution >= 0.6 is 27.7 Å². The van der Waals surface area contributed by atoms with E-state index in [0.717, 1.165) is 16.3 Å². The number of carbonyl (C=O) groups is 1. The molecule has 2 heterocycles. The van der Waals surface area contributed by atoms with Crippen LogP contribution in [0.4, 0.5) is 11.4 Å². The van der Waals surface area contributed by atoms with Crippen LogP contribution in [0.1, 0.15) is 10.5 Å². The number of hydrogen-bond acceptors (Lipinski definition) is 4. The molecule has 0 radical (unpaired) electrons. The minimum absolute atomic E-state index is 0.107. The van der Waals surface area contributed by atoms with Gasteiger partial charge in [-0.15, -0.1) is 11.8 Å². The molecule has 1 aliphatic rings. The number of anilines is 2. The fourth-order valence-corrected chi connectivity index (χ4v) is 3.52. The summed E-state index contributed by atoms with van der Waals surface area (Å²) in [4.78, 5) is 19.7. The monoisotopic (exact) mass is 349 g/mol. The second kappa shape index (κ2) is 5.46. The predicted octanol–water partition coefficient (Wildman–Crippen LogP) is 3.18. The van der Waals surface area contributed by atoms with E-state index in [1.54, 1.807) is 28.9 Å². The zero-order chi connectivity index (χ0) is 14.1. The molecule has 0 aliphatic carbocycles. The van der Waals surface area contributed by atoms with Crippen molar-refractivity contribution in [3.63, 3.8) is 0 Å². The Hall–Kier alpha value is -1.53. The quantitative estimate of drug-likeness (QED) is 0.803. The lowest BCUT2D eigenvalue weighted by molar-refractivity contribution is 0.0982. The summed E-state index contributed by atoms with van der Waals surface area (Å²) in [6.07, 6.45) is 1.62. The van der Waals surface area contributed by atoms with E-state index in [9.17, 15) is 4.79 Å². The summed E-state index contributed by atoms with van der Waals surface area (Å²) in [5.41, 5.74) is 7.79. The first kappa shape index (κ1) is 13.5. The van der Waals surface area contributed by atoms with E-state index in [2.05, 4.69) is 20.9 Å². The van der Waals surface area contributed by atoms with Crippen molar-refractivity contribution in [2.24, 2.45) is 0 Å². The van der Waals surface area contributed by atoms with E-state index in [1.807, 2.05) is 24.3 Å². The Labute approximate surface area is 129 Å². The maximum Gasteiger partial charge on any atom is 0.278 e. The normalized spacial score (nSPS) is 13.9. The van der Waals surface area contributed by atoms with Gasteiger partial charge in [0.05, 0.1) is 5.69 Å². The van der Waals surface area contributed by atoms with Gasteiger partial charge in [-0.2, -0.15) is 0 Å². The lowest BCUT2D eigenvalue weighted by atomic mass is 10.2. The molecule has 0 spiro atoms. The molecule has 2 N–H and O–H groups in total. The van der Waals surface area contributed by atoms with Crippen molar-refractivity contribution in [3.05, 3.63) is 46.7 Å². The number of nitrogens with two attached hydrogens (primary N) is 1. The van der Waals surface area contributed by atoms with Gasteiger partial charge in [-0.25, -0.2) is 4.98 Å². The number of rotatable bonds is 1. The molecule has 1 aliphatic heterocycles. The van der Waals surface area contributed by atoms with Crippen molar-refractivity contribution < 1.29 is 4.79 Å². The van der Waals surface area contributed by atoms with Gasteiger partial charge in [0.1, 0.15) is 5.69 Å². The van der Waals surface area contributed by atoms with Crippen LogP contribution in [0.25, 0.3) is 0 Å². The maximum atomic E-state index is 12.7. The Morgan fingerprint density at radius 3 is 3.05 bits per heavy atom. The minimum atomic E-state index is -0.107. The molecule has 6 heteroatoms. The molecule has 102 valence electrons. The van der Waals surface area contributed by atoms with Gasteiger partial charge in [0.25, 0.3) is 5.91 Å². The second-order valence-corrected chi connectivity index (χ2v) is 6.36. The first-order valence-corrected chi connectivity index (χ1v) is 7.89. The number of benzene rings is 1. The molecule has 20 heavy (non-hydrogen) atoms. The van der Waals surface area contributed by atoms with E-state index in [-0.39, 0.29) is 5.91 Å². The number of carbonyl (C=O) groups excluding carboxylic acids is 1. The highest BCUT2D eigenvalue weighted by Gasteiger charge is 2.26. The Morgan fingerprint density at radius 2 is 2.25 bits per heavy atom. The lowest BCUT2D eigenvalue weighted by Crippen LogP contribution is -2.36. The van der Waals surface area contributed by atoms with Crippen LogP contribution in [0.3, 0.4) is 0 Å². The van der Waals surface area contributed by atoms with Crippen LogP contribution in [0.5, 0.6) is 0 Å². The number of halogens is 1. The summed E-state index contributed by atoms with van der Waals surface area (Å²) in [5, 5.41) is 0. The van der Waals surface area contributed by atoms with E-state index in [4.69, 9.17) is 5.73 Å². The smallest absolute Gasteiger partial charge is 0.278 e. The molecular weight excluding hydrogens is 338 g/mol. The van der Waals surface area contributed by atoms with Crippen LogP contribution < -0.4 is 10.6 Å². The Bertz CT molecular complexity index is 677. The molecule has 1 amide bonds. The molecule has 1 aromatic carbocycles. The molecule has 1 aromatic heterocycles. The molecule has 2 aromatic rings. The third-order valence-electron chi connectivity index (χ3n) is 3.05. The fraction of sp³-hybridized carbons (Fsp3) is 0.143. The van der Waals surface area contributed by atoms with E-state index in [1.165, 1.54) is 0 Å². The molecule has 0 fully saturated rings. The Morgan fingerprint density at radius 1 is 1.40 bits per heavy atom. The number of aromatic nitrogens is 1. The third kappa shape index (κ3) is 2.41. The molecule has 3 rings (SSSR count). The summed E-state index contributed by atoms with van der Waals surface area (Å²) in [5.74, 6) is 0.761. The zero-order valence-electron chi connectivity index (χ0n) is 10.5. The molecule has 0 atom stereocenters. The van der Waals surface area contributed by atoms with Crippen molar-refractivity contribution >= 4 is 45.0 Å². The Kier molecular flexibility index (Phi) is 3.67. The van der Waals surface area contributed by atoms with Crippen LogP contribution in [0.15, 0.2) is 45.9 Å². The van der Waals surface area contributed by atoms with E-state index >= 15 is 0 Å². The number of hydrogen-bond donors (Lipinski definition) is 1. The molecule has 0 unspecified atom stereocenters. The average molecular weight is 350 g/mol. The van der Waals surface area contributed by atoms with Crippen molar-refractivity contribution in [1.29, 1.82) is 0 Å². The van der Waals surface area contributed by atoms with Crippen molar-refractivity contribution in [1.82, 2.24) is 4.98 Å². The number of amides is 1. The topological polar surface area (TPSA) is 59.2 Å². The maximum absolute atomic E-state index is 12.7. The lowest BCUT2D eigenvalue weighted by Gasteiger charge is -2.29. The van der Waals surface area contributed by atoms with Gasteiger partial charge in [-0.3, -0.25) is 4.79 Å². The van der Waals surface area contributed by atoms with Gasteiger partial charge in [-0.1, -0.05) is 0 Å². The van der Waals surface area contributed by atoms with Crippen LogP contribution in [-0.2, 0) is 0 Å². The van der Waals surface area contributed by atoms with Crippen molar-refractivity contribution in [2.75, 3.05) is 22.9 Å². The summed E-state index contributed by atoms with van der Waals surface area (Å²) in [6, 6.07) is 9.27. The van der Waals surface area contributed by atoms with Crippen molar-refractivity contribution in [2.45, 2.75) is 4.90 Å². The Balaban J connectivity index is 2.03. The molecule has 0 saturated carbocycles. The first-order valence-electron chi connectivity index (χ1n) is 6.11. The number of nitrogen functional groups attached to an aromatic ring is 1. The number of fused-ring (bicyclic) bond motifs is 1. The van der Waals surface area contributed by atoms with Gasteiger partial charge < -0.3 is 10.6 Å². The second-order valence-electron chi connectivity index (χ2n) is 4.37. The highest BCUT2D eigenvalue weighted by Crippen LogP contribution is 2.37. The summed E-state index contributed by atoms with van der Waals surface area (Å²) in [6.45, 7) is 0.656. The molecule has 0 saturated heterocycles. The fourth-order valence-electron chi connectivity index (χ4n) is 2.12. The van der Waals surface area contributed by atoms with E-state index < -0.39 is 0 Å². The predicted molar refractivity (Wildman–Crippen MR) is 85.2 cm³/mol. The summed E-state index contributed by atoms with van der Waals surface area (Å²) < 4.78 is 0.702. The summed E-state index contributed by atoms with van der Waals surface area (Å²) >= 11 is 5.11. The minimum Gasteiger partial charge on any atom is -0.399 e. The highest BCUT2D eigenvalue weighted by atomic mass is 79.9.